The lowest BCUT2D eigenvalue weighted by Gasteiger charge is -2.22. The molecule has 1 unspecified atom stereocenters. The quantitative estimate of drug-likeness (QED) is 0.201. The highest BCUT2D eigenvalue weighted by molar-refractivity contribution is 6.34. The summed E-state index contributed by atoms with van der Waals surface area (Å²) in [6.07, 6.45) is -0.991. The molecule has 3 rings (SSSR count). The average molecular weight is 594 g/mol. The van der Waals surface area contributed by atoms with Crippen molar-refractivity contribution in [3.8, 4) is 17.2 Å². The van der Waals surface area contributed by atoms with E-state index in [2.05, 4.69) is 0 Å². The molecule has 0 aromatic heterocycles. The number of halogens is 3. The van der Waals surface area contributed by atoms with Crippen LogP contribution in [-0.4, -0.2) is 61.1 Å². The van der Waals surface area contributed by atoms with Crippen molar-refractivity contribution >= 4 is 35.3 Å². The Hall–Kier alpha value is -3.53. The standard InChI is InChI=1S/C29H30Cl2FNO7/c1-2-37-27(28(34)35)16-20-8-10-23(11-9-20)39-15-13-33(29(36)40-26-7-4-3-6-25(26)32)12-5-14-38-24-18-21(30)17-22(31)19-24/h3-4,6-11,17-19,27H,2,5,12-16H2,1H3,(H,34,35). The van der Waals surface area contributed by atoms with Crippen molar-refractivity contribution < 1.29 is 38.0 Å². The minimum Gasteiger partial charge on any atom is -0.493 e. The van der Waals surface area contributed by atoms with E-state index in [1.54, 1.807) is 55.5 Å². The zero-order valence-electron chi connectivity index (χ0n) is 21.9. The van der Waals surface area contributed by atoms with Crippen LogP contribution in [0.5, 0.6) is 17.2 Å². The summed E-state index contributed by atoms with van der Waals surface area (Å²) in [7, 11) is 0. The number of para-hydroxylation sites is 1. The third kappa shape index (κ3) is 10.2. The van der Waals surface area contributed by atoms with E-state index in [0.717, 1.165) is 5.56 Å². The summed E-state index contributed by atoms with van der Waals surface area (Å²) < 4.78 is 36.0. The van der Waals surface area contributed by atoms with E-state index in [4.69, 9.17) is 42.1 Å². The first kappa shape index (κ1) is 31.0. The Morgan fingerprint density at radius 1 is 0.925 bits per heavy atom. The summed E-state index contributed by atoms with van der Waals surface area (Å²) >= 11 is 12.0. The van der Waals surface area contributed by atoms with Crippen molar-refractivity contribution in [1.82, 2.24) is 4.90 Å². The molecular weight excluding hydrogens is 564 g/mol. The minimum atomic E-state index is -1.02. The predicted molar refractivity (Wildman–Crippen MR) is 149 cm³/mol. The third-order valence-electron chi connectivity index (χ3n) is 5.59. The van der Waals surface area contributed by atoms with Crippen LogP contribution in [0.3, 0.4) is 0 Å². The zero-order valence-corrected chi connectivity index (χ0v) is 23.4. The maximum Gasteiger partial charge on any atom is 0.415 e. The molecule has 0 heterocycles. The molecule has 1 N–H and O–H groups in total. The Morgan fingerprint density at radius 3 is 2.25 bits per heavy atom. The summed E-state index contributed by atoms with van der Waals surface area (Å²) in [5.74, 6) is -0.809. The fraction of sp³-hybridized carbons (Fsp3) is 0.310. The maximum absolute atomic E-state index is 14.0. The van der Waals surface area contributed by atoms with Crippen LogP contribution in [0, 0.1) is 5.82 Å². The van der Waals surface area contributed by atoms with Crippen LogP contribution in [0.4, 0.5) is 9.18 Å². The normalized spacial score (nSPS) is 11.5. The minimum absolute atomic E-state index is 0.132. The molecule has 0 saturated heterocycles. The first-order valence-electron chi connectivity index (χ1n) is 12.6. The highest BCUT2D eigenvalue weighted by Crippen LogP contribution is 2.24. The summed E-state index contributed by atoms with van der Waals surface area (Å²) in [6.45, 7) is 2.84. The largest absolute Gasteiger partial charge is 0.493 e. The fourth-order valence-corrected chi connectivity index (χ4v) is 4.17. The van der Waals surface area contributed by atoms with E-state index in [1.807, 2.05) is 0 Å². The predicted octanol–water partition coefficient (Wildman–Crippen LogP) is 6.51. The van der Waals surface area contributed by atoms with E-state index in [0.29, 0.717) is 34.6 Å². The fourth-order valence-electron chi connectivity index (χ4n) is 3.67. The number of rotatable bonds is 15. The molecule has 8 nitrogen and oxygen atoms in total. The van der Waals surface area contributed by atoms with Gasteiger partial charge >= 0.3 is 12.1 Å². The number of carbonyl (C=O) groups is 2. The monoisotopic (exact) mass is 593 g/mol. The molecule has 0 aliphatic carbocycles. The number of nitrogens with zero attached hydrogens (tertiary/aromatic N) is 1. The average Bonchev–Trinajstić information content (AvgIpc) is 2.91. The molecule has 3 aromatic carbocycles. The van der Waals surface area contributed by atoms with Gasteiger partial charge in [-0.1, -0.05) is 47.5 Å². The van der Waals surface area contributed by atoms with Gasteiger partial charge in [0.05, 0.1) is 13.2 Å². The topological polar surface area (TPSA) is 94.5 Å². The molecule has 0 radical (unpaired) electrons. The van der Waals surface area contributed by atoms with Crippen molar-refractivity contribution in [2.24, 2.45) is 0 Å². The van der Waals surface area contributed by atoms with Gasteiger partial charge in [0, 0.05) is 29.6 Å². The van der Waals surface area contributed by atoms with Gasteiger partial charge in [-0.15, -0.1) is 0 Å². The van der Waals surface area contributed by atoms with Gasteiger partial charge in [0.1, 0.15) is 18.1 Å². The van der Waals surface area contributed by atoms with E-state index >= 15 is 0 Å². The molecule has 3 aromatic rings. The Labute approximate surface area is 242 Å². The van der Waals surface area contributed by atoms with Crippen LogP contribution in [0.1, 0.15) is 18.9 Å². The van der Waals surface area contributed by atoms with Crippen LogP contribution in [0.15, 0.2) is 66.7 Å². The number of aliphatic carboxylic acids is 1. The van der Waals surface area contributed by atoms with Crippen LogP contribution < -0.4 is 14.2 Å². The summed E-state index contributed by atoms with van der Waals surface area (Å²) in [5, 5.41) is 10.2. The number of carboxylic acids is 1. The molecule has 214 valence electrons. The van der Waals surface area contributed by atoms with E-state index in [9.17, 15) is 19.1 Å². The van der Waals surface area contributed by atoms with Gasteiger partial charge in [-0.3, -0.25) is 0 Å². The SMILES string of the molecule is CCOC(Cc1ccc(OCCN(CCCOc2cc(Cl)cc(Cl)c2)C(=O)Oc2ccccc2F)cc1)C(=O)O. The smallest absolute Gasteiger partial charge is 0.415 e. The van der Waals surface area contributed by atoms with Gasteiger partial charge < -0.3 is 29.0 Å². The third-order valence-corrected chi connectivity index (χ3v) is 6.02. The Morgan fingerprint density at radius 2 is 1.60 bits per heavy atom. The lowest BCUT2D eigenvalue weighted by atomic mass is 10.1. The first-order valence-corrected chi connectivity index (χ1v) is 13.4. The van der Waals surface area contributed by atoms with Gasteiger partial charge in [0.15, 0.2) is 17.7 Å². The second-order valence-electron chi connectivity index (χ2n) is 8.57. The van der Waals surface area contributed by atoms with E-state index in [-0.39, 0.29) is 38.5 Å². The van der Waals surface area contributed by atoms with Gasteiger partial charge in [0.25, 0.3) is 0 Å². The van der Waals surface area contributed by atoms with Gasteiger partial charge in [-0.05, 0) is 61.4 Å². The van der Waals surface area contributed by atoms with Crippen LogP contribution in [-0.2, 0) is 16.0 Å². The van der Waals surface area contributed by atoms with Crippen molar-refractivity contribution in [1.29, 1.82) is 0 Å². The number of benzene rings is 3. The van der Waals surface area contributed by atoms with Crippen LogP contribution in [0.25, 0.3) is 0 Å². The van der Waals surface area contributed by atoms with Crippen LogP contribution >= 0.6 is 23.2 Å². The molecule has 0 saturated carbocycles. The number of carboxylic acid groups (broad SMARTS) is 1. The van der Waals surface area contributed by atoms with Crippen LogP contribution in [0.2, 0.25) is 10.0 Å². The lowest BCUT2D eigenvalue weighted by molar-refractivity contribution is -0.149. The number of hydrogen-bond acceptors (Lipinski definition) is 6. The molecule has 1 atom stereocenters. The summed E-state index contributed by atoms with van der Waals surface area (Å²) in [6, 6.07) is 17.5. The van der Waals surface area contributed by atoms with E-state index < -0.39 is 24.0 Å². The number of carbonyl (C=O) groups excluding carboxylic acids is 1. The lowest BCUT2D eigenvalue weighted by Crippen LogP contribution is -2.38. The highest BCUT2D eigenvalue weighted by Gasteiger charge is 2.19. The van der Waals surface area contributed by atoms with Gasteiger partial charge in [0.2, 0.25) is 0 Å². The van der Waals surface area contributed by atoms with Crippen molar-refractivity contribution in [2.45, 2.75) is 25.9 Å². The Kier molecular flexibility index (Phi) is 12.3. The second kappa shape index (κ2) is 15.9. The van der Waals surface area contributed by atoms with E-state index in [1.165, 1.54) is 23.1 Å². The van der Waals surface area contributed by atoms with Crippen molar-refractivity contribution in [2.75, 3.05) is 32.9 Å². The molecular formula is C29H30Cl2FNO7. The highest BCUT2D eigenvalue weighted by atomic mass is 35.5. The number of hydrogen-bond donors (Lipinski definition) is 1. The molecule has 1 amide bonds. The maximum atomic E-state index is 14.0. The summed E-state index contributed by atoms with van der Waals surface area (Å²) in [4.78, 5) is 25.6. The zero-order chi connectivity index (χ0) is 28.9. The second-order valence-corrected chi connectivity index (χ2v) is 9.44. The molecule has 11 heteroatoms. The molecule has 0 aliphatic rings. The molecule has 0 fully saturated rings. The number of amides is 1. The van der Waals surface area contributed by atoms with Gasteiger partial charge in [-0.25, -0.2) is 14.0 Å². The molecule has 40 heavy (non-hydrogen) atoms. The van der Waals surface area contributed by atoms with Crippen molar-refractivity contribution in [3.63, 3.8) is 0 Å². The molecule has 0 spiro atoms. The van der Waals surface area contributed by atoms with Crippen molar-refractivity contribution in [3.05, 3.63) is 88.2 Å². The molecule has 0 aliphatic heterocycles. The first-order chi connectivity index (χ1) is 19.2. The Bertz CT molecular complexity index is 1240. The Balaban J connectivity index is 1.56. The number of ether oxygens (including phenoxy) is 4. The van der Waals surface area contributed by atoms with Gasteiger partial charge in [-0.2, -0.15) is 0 Å². The summed E-state index contributed by atoms with van der Waals surface area (Å²) in [5.41, 5.74) is 0.782. The molecule has 0 bridgehead atoms.